The maximum atomic E-state index is 13.2. The van der Waals surface area contributed by atoms with Crippen molar-refractivity contribution < 1.29 is 19.1 Å². The Kier molecular flexibility index (Phi) is 5.17. The van der Waals surface area contributed by atoms with Crippen molar-refractivity contribution in [2.24, 2.45) is 0 Å². The summed E-state index contributed by atoms with van der Waals surface area (Å²) in [7, 11) is 1.62. The van der Waals surface area contributed by atoms with Crippen LogP contribution in [0.4, 0.5) is 5.69 Å². The molecule has 1 aromatic heterocycles. The third-order valence-electron chi connectivity index (χ3n) is 5.88. The van der Waals surface area contributed by atoms with Crippen LogP contribution in [0, 0.1) is 0 Å². The van der Waals surface area contributed by atoms with Crippen molar-refractivity contribution in [3.8, 4) is 5.75 Å². The maximum Gasteiger partial charge on any atom is 0.255 e. The van der Waals surface area contributed by atoms with E-state index in [2.05, 4.69) is 0 Å². The molecule has 2 aromatic rings. The van der Waals surface area contributed by atoms with Crippen LogP contribution < -0.4 is 9.64 Å². The van der Waals surface area contributed by atoms with Crippen LogP contribution in [0.1, 0.15) is 52.6 Å². The summed E-state index contributed by atoms with van der Waals surface area (Å²) in [5.41, 5.74) is 0.956. The Labute approximate surface area is 174 Å². The number of hydrogen-bond acceptors (Lipinski definition) is 5. The van der Waals surface area contributed by atoms with E-state index in [4.69, 9.17) is 4.74 Å². The molecule has 0 radical (unpaired) electrons. The molecule has 2 aliphatic rings. The molecule has 1 aliphatic heterocycles. The molecule has 152 valence electrons. The van der Waals surface area contributed by atoms with Crippen LogP contribution >= 0.6 is 11.3 Å². The van der Waals surface area contributed by atoms with E-state index in [0.29, 0.717) is 17.0 Å². The minimum absolute atomic E-state index is 0.0395. The highest BCUT2D eigenvalue weighted by molar-refractivity contribution is 7.12. The second kappa shape index (κ2) is 7.63. The number of ether oxygens (including phenoxy) is 1. The molecule has 29 heavy (non-hydrogen) atoms. The lowest BCUT2D eigenvalue weighted by Crippen LogP contribution is -2.65. The number of piperazine rings is 1. The van der Waals surface area contributed by atoms with Crippen LogP contribution in [-0.4, -0.2) is 48.2 Å². The smallest absolute Gasteiger partial charge is 0.255 e. The first-order valence-electron chi connectivity index (χ1n) is 9.79. The first-order valence-corrected chi connectivity index (χ1v) is 10.7. The highest BCUT2D eigenvalue weighted by Crippen LogP contribution is 2.42. The van der Waals surface area contributed by atoms with Crippen molar-refractivity contribution in [2.75, 3.05) is 25.1 Å². The van der Waals surface area contributed by atoms with Gasteiger partial charge in [0, 0.05) is 17.6 Å². The number of nitrogens with zero attached hydrogens (tertiary/aromatic N) is 2. The lowest BCUT2D eigenvalue weighted by atomic mass is 9.90. The van der Waals surface area contributed by atoms with Gasteiger partial charge in [-0.25, -0.2) is 0 Å². The number of Topliss-reactive ketones (excluding diaryl/α,β-unsaturated/α-hetero) is 1. The largest absolute Gasteiger partial charge is 0.497 e. The molecule has 2 amide bonds. The molecular formula is C22H24N2O4S. The van der Waals surface area contributed by atoms with Gasteiger partial charge in [0.25, 0.3) is 5.91 Å². The molecule has 0 unspecified atom stereocenters. The average molecular weight is 413 g/mol. The normalized spacial score (nSPS) is 18.3. The van der Waals surface area contributed by atoms with E-state index in [1.54, 1.807) is 23.5 Å². The number of hydrogen-bond donors (Lipinski definition) is 0. The van der Waals surface area contributed by atoms with E-state index in [9.17, 15) is 14.4 Å². The second-order valence-electron chi connectivity index (χ2n) is 7.78. The molecule has 1 saturated heterocycles. The summed E-state index contributed by atoms with van der Waals surface area (Å²) in [4.78, 5) is 42.0. The molecule has 7 heteroatoms. The van der Waals surface area contributed by atoms with Gasteiger partial charge in [0.05, 0.1) is 23.1 Å². The number of anilines is 1. The molecule has 2 heterocycles. The van der Waals surface area contributed by atoms with Crippen molar-refractivity contribution in [3.05, 3.63) is 46.2 Å². The van der Waals surface area contributed by atoms with Crippen LogP contribution in [0.5, 0.6) is 5.75 Å². The van der Waals surface area contributed by atoms with Crippen LogP contribution in [-0.2, 0) is 4.79 Å². The molecule has 2 fully saturated rings. The summed E-state index contributed by atoms with van der Waals surface area (Å²) >= 11 is 1.27. The summed E-state index contributed by atoms with van der Waals surface area (Å²) in [6.07, 6.45) is 3.82. The molecule has 0 atom stereocenters. The lowest BCUT2D eigenvalue weighted by molar-refractivity contribution is -0.123. The molecule has 1 spiro atoms. The van der Waals surface area contributed by atoms with Gasteiger partial charge in [-0.3, -0.25) is 14.4 Å². The number of amides is 2. The number of thiophene rings is 1. The maximum absolute atomic E-state index is 13.2. The van der Waals surface area contributed by atoms with E-state index >= 15 is 0 Å². The highest BCUT2D eigenvalue weighted by atomic mass is 32.1. The highest BCUT2D eigenvalue weighted by Gasteiger charge is 2.49. The number of benzene rings is 1. The molecule has 4 rings (SSSR count). The van der Waals surface area contributed by atoms with E-state index in [1.165, 1.54) is 18.3 Å². The Bertz CT molecular complexity index is 944. The van der Waals surface area contributed by atoms with Gasteiger partial charge < -0.3 is 14.5 Å². The van der Waals surface area contributed by atoms with E-state index < -0.39 is 0 Å². The first-order chi connectivity index (χ1) is 13.9. The van der Waals surface area contributed by atoms with Gasteiger partial charge in [-0.15, -0.1) is 11.3 Å². The fraction of sp³-hybridized carbons (Fsp3) is 0.409. The minimum Gasteiger partial charge on any atom is -0.497 e. The van der Waals surface area contributed by atoms with Gasteiger partial charge in [0.1, 0.15) is 12.3 Å². The Balaban J connectivity index is 1.62. The molecule has 6 nitrogen and oxygen atoms in total. The number of methoxy groups -OCH3 is 1. The van der Waals surface area contributed by atoms with Gasteiger partial charge in [0.2, 0.25) is 5.91 Å². The molecular weight excluding hydrogens is 388 g/mol. The van der Waals surface area contributed by atoms with Crippen molar-refractivity contribution in [1.82, 2.24) is 4.90 Å². The van der Waals surface area contributed by atoms with E-state index in [0.717, 1.165) is 37.1 Å². The Morgan fingerprint density at radius 1 is 1.14 bits per heavy atom. The van der Waals surface area contributed by atoms with Crippen LogP contribution in [0.25, 0.3) is 0 Å². The summed E-state index contributed by atoms with van der Waals surface area (Å²) in [6.45, 7) is 2.04. The zero-order valence-electron chi connectivity index (χ0n) is 16.6. The second-order valence-corrected chi connectivity index (χ2v) is 8.69. The van der Waals surface area contributed by atoms with Crippen molar-refractivity contribution in [3.63, 3.8) is 0 Å². The standard InChI is InChI=1S/C22H24N2O4S/c1-15(25)19-11-16(13-29-19)21(27)23-12-20(26)24(22(14-23)9-3-4-10-22)17-5-7-18(28-2)8-6-17/h5-8,11,13H,3-4,9-10,12,14H2,1-2H3. The predicted molar refractivity (Wildman–Crippen MR) is 112 cm³/mol. The number of ketones is 1. The van der Waals surface area contributed by atoms with Crippen molar-refractivity contribution in [1.29, 1.82) is 0 Å². The van der Waals surface area contributed by atoms with Crippen LogP contribution in [0.3, 0.4) is 0 Å². The third kappa shape index (κ3) is 3.55. The van der Waals surface area contributed by atoms with Crippen molar-refractivity contribution >= 4 is 34.6 Å². The zero-order chi connectivity index (χ0) is 20.6. The predicted octanol–water partition coefficient (Wildman–Crippen LogP) is 3.76. The average Bonchev–Trinajstić information content (AvgIpc) is 3.38. The van der Waals surface area contributed by atoms with E-state index in [1.807, 2.05) is 29.2 Å². The monoisotopic (exact) mass is 412 g/mol. The van der Waals surface area contributed by atoms with Gasteiger partial charge >= 0.3 is 0 Å². The Morgan fingerprint density at radius 2 is 1.83 bits per heavy atom. The number of carbonyl (C=O) groups excluding carboxylic acids is 3. The first kappa shape index (κ1) is 19.6. The van der Waals surface area contributed by atoms with Gasteiger partial charge in [-0.2, -0.15) is 0 Å². The molecule has 1 saturated carbocycles. The quantitative estimate of drug-likeness (QED) is 0.717. The molecule has 0 N–H and O–H groups in total. The fourth-order valence-electron chi connectivity index (χ4n) is 4.50. The SMILES string of the molecule is COc1ccc(N2C(=O)CN(C(=O)c3csc(C(C)=O)c3)CC23CCCC3)cc1. The summed E-state index contributed by atoms with van der Waals surface area (Å²) in [6, 6.07) is 9.17. The fourth-order valence-corrected chi connectivity index (χ4v) is 5.29. The summed E-state index contributed by atoms with van der Waals surface area (Å²) < 4.78 is 5.24. The number of carbonyl (C=O) groups is 3. The zero-order valence-corrected chi connectivity index (χ0v) is 17.5. The topological polar surface area (TPSA) is 66.9 Å². The molecule has 1 aromatic carbocycles. The van der Waals surface area contributed by atoms with Gasteiger partial charge in [0.15, 0.2) is 5.78 Å². The summed E-state index contributed by atoms with van der Waals surface area (Å²) in [5.74, 6) is 0.442. The van der Waals surface area contributed by atoms with Crippen LogP contribution in [0.2, 0.25) is 0 Å². The summed E-state index contributed by atoms with van der Waals surface area (Å²) in [5, 5.41) is 1.71. The minimum atomic E-state index is -0.376. The number of rotatable bonds is 4. The molecule has 1 aliphatic carbocycles. The third-order valence-corrected chi connectivity index (χ3v) is 6.91. The Hall–Kier alpha value is -2.67. The van der Waals surface area contributed by atoms with E-state index in [-0.39, 0.29) is 29.7 Å². The Morgan fingerprint density at radius 3 is 2.41 bits per heavy atom. The van der Waals surface area contributed by atoms with Crippen molar-refractivity contribution in [2.45, 2.75) is 38.1 Å². The van der Waals surface area contributed by atoms with Gasteiger partial charge in [-0.05, 0) is 50.1 Å². The molecule has 0 bridgehead atoms. The van der Waals surface area contributed by atoms with Crippen LogP contribution in [0.15, 0.2) is 35.7 Å². The van der Waals surface area contributed by atoms with Gasteiger partial charge in [-0.1, -0.05) is 12.8 Å². The lowest BCUT2D eigenvalue weighted by Gasteiger charge is -2.48.